The molecule has 0 spiro atoms. The number of hydrogen-bond acceptors (Lipinski definition) is 2. The lowest BCUT2D eigenvalue weighted by Gasteiger charge is -2.37. The minimum absolute atomic E-state index is 0.214. The van der Waals surface area contributed by atoms with Gasteiger partial charge in [-0.25, -0.2) is 0 Å². The molecule has 0 radical (unpaired) electrons. The molecule has 1 fully saturated rings. The van der Waals surface area contributed by atoms with Gasteiger partial charge in [-0.15, -0.1) is 0 Å². The first kappa shape index (κ1) is 10.1. The van der Waals surface area contributed by atoms with Crippen LogP contribution in [-0.4, -0.2) is 24.7 Å². The number of nitriles is 1. The van der Waals surface area contributed by atoms with E-state index in [1.807, 2.05) is 18.2 Å². The standard InChI is InChI=1S/C12H13FN2/c13-5-12-8-15(9-12)7-11-3-1-2-10(4-11)6-14/h1-4,12H,5,7-9H2. The van der Waals surface area contributed by atoms with E-state index in [0.717, 1.165) is 25.2 Å². The molecule has 0 N–H and O–H groups in total. The van der Waals surface area contributed by atoms with Crippen LogP contribution in [0.5, 0.6) is 0 Å². The van der Waals surface area contributed by atoms with Crippen molar-refractivity contribution in [2.24, 2.45) is 5.92 Å². The maximum absolute atomic E-state index is 12.2. The van der Waals surface area contributed by atoms with Gasteiger partial charge in [0.2, 0.25) is 0 Å². The molecule has 1 heterocycles. The topological polar surface area (TPSA) is 27.0 Å². The van der Waals surface area contributed by atoms with Crippen LogP contribution < -0.4 is 0 Å². The third kappa shape index (κ3) is 2.34. The molecule has 78 valence electrons. The highest BCUT2D eigenvalue weighted by molar-refractivity contribution is 5.32. The van der Waals surface area contributed by atoms with Gasteiger partial charge < -0.3 is 0 Å². The van der Waals surface area contributed by atoms with Gasteiger partial charge in [0.25, 0.3) is 0 Å². The average molecular weight is 204 g/mol. The third-order valence-corrected chi connectivity index (χ3v) is 2.71. The molecular weight excluding hydrogens is 191 g/mol. The summed E-state index contributed by atoms with van der Waals surface area (Å²) >= 11 is 0. The van der Waals surface area contributed by atoms with Crippen LogP contribution in [0.3, 0.4) is 0 Å². The van der Waals surface area contributed by atoms with Crippen molar-refractivity contribution in [1.82, 2.24) is 4.90 Å². The van der Waals surface area contributed by atoms with E-state index >= 15 is 0 Å². The zero-order valence-corrected chi connectivity index (χ0v) is 8.49. The van der Waals surface area contributed by atoms with Gasteiger partial charge in [-0.05, 0) is 17.7 Å². The number of nitrogens with zero attached hydrogens (tertiary/aromatic N) is 2. The first-order chi connectivity index (χ1) is 7.31. The molecule has 2 rings (SSSR count). The number of hydrogen-bond donors (Lipinski definition) is 0. The highest BCUT2D eigenvalue weighted by Gasteiger charge is 2.25. The quantitative estimate of drug-likeness (QED) is 0.752. The molecule has 1 aromatic carbocycles. The van der Waals surface area contributed by atoms with E-state index in [-0.39, 0.29) is 12.6 Å². The maximum Gasteiger partial charge on any atom is 0.0991 e. The molecule has 1 aliphatic heterocycles. The predicted octanol–water partition coefficient (Wildman–Crippen LogP) is 1.96. The first-order valence-corrected chi connectivity index (χ1v) is 5.09. The molecule has 3 heteroatoms. The molecule has 15 heavy (non-hydrogen) atoms. The smallest absolute Gasteiger partial charge is 0.0991 e. The van der Waals surface area contributed by atoms with Gasteiger partial charge >= 0.3 is 0 Å². The van der Waals surface area contributed by atoms with E-state index in [2.05, 4.69) is 11.0 Å². The Hall–Kier alpha value is -1.40. The van der Waals surface area contributed by atoms with E-state index < -0.39 is 0 Å². The van der Waals surface area contributed by atoms with Crippen molar-refractivity contribution in [2.75, 3.05) is 19.8 Å². The Kier molecular flexibility index (Phi) is 2.98. The van der Waals surface area contributed by atoms with Crippen molar-refractivity contribution in [3.8, 4) is 6.07 Å². The van der Waals surface area contributed by atoms with Crippen molar-refractivity contribution in [1.29, 1.82) is 5.26 Å². The van der Waals surface area contributed by atoms with Gasteiger partial charge in [0, 0.05) is 25.6 Å². The summed E-state index contributed by atoms with van der Waals surface area (Å²) in [5, 5.41) is 8.73. The Morgan fingerprint density at radius 1 is 1.47 bits per heavy atom. The van der Waals surface area contributed by atoms with Gasteiger partial charge in [-0.3, -0.25) is 9.29 Å². The summed E-state index contributed by atoms with van der Waals surface area (Å²) in [6.07, 6.45) is 0. The van der Waals surface area contributed by atoms with Gasteiger partial charge in [-0.1, -0.05) is 12.1 Å². The minimum atomic E-state index is -0.214. The van der Waals surface area contributed by atoms with Crippen LogP contribution in [0.1, 0.15) is 11.1 Å². The molecule has 1 aliphatic rings. The molecular formula is C12H13FN2. The number of halogens is 1. The SMILES string of the molecule is N#Cc1cccc(CN2CC(CF)C2)c1. The molecule has 0 aromatic heterocycles. The monoisotopic (exact) mass is 204 g/mol. The van der Waals surface area contributed by atoms with Crippen LogP contribution in [0.4, 0.5) is 4.39 Å². The molecule has 0 atom stereocenters. The van der Waals surface area contributed by atoms with Gasteiger partial charge in [0.05, 0.1) is 18.3 Å². The lowest BCUT2D eigenvalue weighted by Crippen LogP contribution is -2.46. The van der Waals surface area contributed by atoms with Gasteiger partial charge in [0.15, 0.2) is 0 Å². The Morgan fingerprint density at radius 2 is 2.27 bits per heavy atom. The predicted molar refractivity (Wildman–Crippen MR) is 55.9 cm³/mol. The molecule has 0 saturated carbocycles. The summed E-state index contributed by atoms with van der Waals surface area (Å²) in [6.45, 7) is 2.29. The van der Waals surface area contributed by atoms with E-state index in [1.54, 1.807) is 6.07 Å². The molecule has 1 aromatic rings. The summed E-state index contributed by atoms with van der Waals surface area (Å²) in [5.41, 5.74) is 1.82. The second-order valence-corrected chi connectivity index (χ2v) is 4.03. The minimum Gasteiger partial charge on any atom is -0.298 e. The highest BCUT2D eigenvalue weighted by atomic mass is 19.1. The first-order valence-electron chi connectivity index (χ1n) is 5.09. The normalized spacial score (nSPS) is 17.1. The zero-order chi connectivity index (χ0) is 10.7. The molecule has 2 nitrogen and oxygen atoms in total. The zero-order valence-electron chi connectivity index (χ0n) is 8.49. The molecule has 0 unspecified atom stereocenters. The van der Waals surface area contributed by atoms with Crippen molar-refractivity contribution >= 4 is 0 Å². The number of likely N-dealkylation sites (tertiary alicyclic amines) is 1. The van der Waals surface area contributed by atoms with E-state index in [9.17, 15) is 4.39 Å². The second-order valence-electron chi connectivity index (χ2n) is 4.03. The van der Waals surface area contributed by atoms with Crippen molar-refractivity contribution in [3.63, 3.8) is 0 Å². The molecule has 1 saturated heterocycles. The van der Waals surface area contributed by atoms with Crippen molar-refractivity contribution in [2.45, 2.75) is 6.54 Å². The Bertz CT molecular complexity index is 377. The number of rotatable bonds is 3. The van der Waals surface area contributed by atoms with E-state index in [4.69, 9.17) is 5.26 Å². The summed E-state index contributed by atoms with van der Waals surface area (Å²) in [4.78, 5) is 2.20. The second kappa shape index (κ2) is 4.41. The third-order valence-electron chi connectivity index (χ3n) is 2.71. The van der Waals surface area contributed by atoms with Crippen LogP contribution in [0.15, 0.2) is 24.3 Å². The highest BCUT2D eigenvalue weighted by Crippen LogP contribution is 2.19. The van der Waals surface area contributed by atoms with Crippen molar-refractivity contribution < 1.29 is 4.39 Å². The van der Waals surface area contributed by atoms with Gasteiger partial charge in [0.1, 0.15) is 0 Å². The fraction of sp³-hybridized carbons (Fsp3) is 0.417. The summed E-state index contributed by atoms with van der Waals surface area (Å²) < 4.78 is 12.2. The Labute approximate surface area is 88.9 Å². The molecule has 0 amide bonds. The Morgan fingerprint density at radius 3 is 2.93 bits per heavy atom. The van der Waals surface area contributed by atoms with Crippen LogP contribution in [0.2, 0.25) is 0 Å². The Balaban J connectivity index is 1.92. The lowest BCUT2D eigenvalue weighted by atomic mass is 10.0. The molecule has 0 aliphatic carbocycles. The van der Waals surface area contributed by atoms with Crippen LogP contribution in [-0.2, 0) is 6.54 Å². The summed E-state index contributed by atoms with van der Waals surface area (Å²) in [7, 11) is 0. The van der Waals surface area contributed by atoms with Gasteiger partial charge in [-0.2, -0.15) is 5.26 Å². The largest absolute Gasteiger partial charge is 0.298 e. The number of alkyl halides is 1. The van der Waals surface area contributed by atoms with Crippen molar-refractivity contribution in [3.05, 3.63) is 35.4 Å². The number of benzene rings is 1. The van der Waals surface area contributed by atoms with Crippen LogP contribution >= 0.6 is 0 Å². The average Bonchev–Trinajstić information content (AvgIpc) is 2.23. The maximum atomic E-state index is 12.2. The fourth-order valence-electron chi connectivity index (χ4n) is 1.90. The fourth-order valence-corrected chi connectivity index (χ4v) is 1.90. The van der Waals surface area contributed by atoms with Crippen LogP contribution in [0.25, 0.3) is 0 Å². The summed E-state index contributed by atoms with van der Waals surface area (Å²) in [6, 6.07) is 9.70. The summed E-state index contributed by atoms with van der Waals surface area (Å²) in [5.74, 6) is 0.226. The molecule has 0 bridgehead atoms. The van der Waals surface area contributed by atoms with E-state index in [1.165, 1.54) is 0 Å². The van der Waals surface area contributed by atoms with Crippen LogP contribution in [0, 0.1) is 17.2 Å². The van der Waals surface area contributed by atoms with E-state index in [0.29, 0.717) is 5.56 Å². The lowest BCUT2D eigenvalue weighted by molar-refractivity contribution is 0.0738.